The zero-order valence-corrected chi connectivity index (χ0v) is 12.1. The first kappa shape index (κ1) is 15.1. The second-order valence-electron chi connectivity index (χ2n) is 5.77. The SMILES string of the molecule is CN(C)C1(C(=O)c2c(F)cccc2F)CCCCCC1. The molecule has 1 saturated carbocycles. The third kappa shape index (κ3) is 2.62. The largest absolute Gasteiger partial charge is 0.297 e. The van der Waals surface area contributed by atoms with E-state index in [2.05, 4.69) is 0 Å². The van der Waals surface area contributed by atoms with Gasteiger partial charge < -0.3 is 0 Å². The summed E-state index contributed by atoms with van der Waals surface area (Å²) in [5.41, 5.74) is -1.16. The number of benzene rings is 1. The Morgan fingerprint density at radius 3 is 2.00 bits per heavy atom. The first-order valence-electron chi connectivity index (χ1n) is 7.15. The van der Waals surface area contributed by atoms with Crippen LogP contribution in [-0.2, 0) is 0 Å². The second-order valence-corrected chi connectivity index (χ2v) is 5.77. The molecule has 110 valence electrons. The van der Waals surface area contributed by atoms with Gasteiger partial charge in [-0.1, -0.05) is 31.7 Å². The van der Waals surface area contributed by atoms with Crippen LogP contribution in [0.2, 0.25) is 0 Å². The van der Waals surface area contributed by atoms with Crippen molar-refractivity contribution in [1.82, 2.24) is 4.90 Å². The van der Waals surface area contributed by atoms with E-state index in [0.29, 0.717) is 12.8 Å². The molecule has 1 aliphatic rings. The number of likely N-dealkylation sites (N-methyl/N-ethyl adjacent to an activating group) is 1. The molecule has 0 unspecified atom stereocenters. The van der Waals surface area contributed by atoms with Crippen LogP contribution in [0.4, 0.5) is 8.78 Å². The van der Waals surface area contributed by atoms with Gasteiger partial charge in [0.2, 0.25) is 0 Å². The lowest BCUT2D eigenvalue weighted by Crippen LogP contribution is -2.51. The fourth-order valence-electron chi connectivity index (χ4n) is 3.14. The second kappa shape index (κ2) is 6.00. The first-order chi connectivity index (χ1) is 9.49. The summed E-state index contributed by atoms with van der Waals surface area (Å²) in [5, 5.41) is 0. The summed E-state index contributed by atoms with van der Waals surface area (Å²) < 4.78 is 27.8. The topological polar surface area (TPSA) is 20.3 Å². The van der Waals surface area contributed by atoms with Crippen molar-refractivity contribution in [2.75, 3.05) is 14.1 Å². The molecular weight excluding hydrogens is 260 g/mol. The van der Waals surface area contributed by atoms with E-state index >= 15 is 0 Å². The Labute approximate surface area is 118 Å². The van der Waals surface area contributed by atoms with Gasteiger partial charge in [-0.2, -0.15) is 0 Å². The van der Waals surface area contributed by atoms with Crippen LogP contribution in [0.5, 0.6) is 0 Å². The molecule has 0 bridgehead atoms. The highest BCUT2D eigenvalue weighted by molar-refractivity contribution is 6.03. The van der Waals surface area contributed by atoms with Crippen LogP contribution in [0.1, 0.15) is 48.9 Å². The average molecular weight is 281 g/mol. The number of nitrogens with zero attached hydrogens (tertiary/aromatic N) is 1. The normalized spacial score (nSPS) is 18.9. The monoisotopic (exact) mass is 281 g/mol. The zero-order valence-electron chi connectivity index (χ0n) is 12.1. The number of hydrogen-bond donors (Lipinski definition) is 0. The van der Waals surface area contributed by atoms with Crippen molar-refractivity contribution in [3.8, 4) is 0 Å². The molecule has 0 aromatic heterocycles. The molecule has 1 aromatic carbocycles. The lowest BCUT2D eigenvalue weighted by Gasteiger charge is -2.38. The van der Waals surface area contributed by atoms with E-state index in [4.69, 9.17) is 0 Å². The molecule has 0 saturated heterocycles. The predicted octanol–water partition coefficient (Wildman–Crippen LogP) is 3.80. The summed E-state index contributed by atoms with van der Waals surface area (Å²) in [5.74, 6) is -1.94. The quantitative estimate of drug-likeness (QED) is 0.620. The Kier molecular flexibility index (Phi) is 4.53. The van der Waals surface area contributed by atoms with Crippen LogP contribution >= 0.6 is 0 Å². The highest BCUT2D eigenvalue weighted by Gasteiger charge is 2.42. The van der Waals surface area contributed by atoms with E-state index in [1.807, 2.05) is 19.0 Å². The molecule has 2 rings (SSSR count). The Balaban J connectivity index is 2.46. The molecule has 0 atom stereocenters. The van der Waals surface area contributed by atoms with E-state index < -0.39 is 23.0 Å². The molecule has 0 spiro atoms. The van der Waals surface area contributed by atoms with Crippen molar-refractivity contribution in [2.45, 2.75) is 44.1 Å². The minimum atomic E-state index is -0.778. The van der Waals surface area contributed by atoms with Crippen LogP contribution in [0.3, 0.4) is 0 Å². The van der Waals surface area contributed by atoms with Crippen molar-refractivity contribution < 1.29 is 13.6 Å². The maximum atomic E-state index is 13.9. The van der Waals surface area contributed by atoms with Gasteiger partial charge in [0.25, 0.3) is 0 Å². The predicted molar refractivity (Wildman–Crippen MR) is 74.8 cm³/mol. The number of halogens is 2. The average Bonchev–Trinajstić information content (AvgIpc) is 2.64. The lowest BCUT2D eigenvalue weighted by atomic mass is 9.81. The molecule has 0 aliphatic heterocycles. The number of ketones is 1. The Morgan fingerprint density at radius 1 is 1.05 bits per heavy atom. The molecule has 1 fully saturated rings. The number of Topliss-reactive ketones (excluding diaryl/α,β-unsaturated/α-hetero) is 1. The summed E-state index contributed by atoms with van der Waals surface area (Å²) >= 11 is 0. The third-order valence-corrected chi connectivity index (χ3v) is 4.40. The van der Waals surface area contributed by atoms with Crippen LogP contribution in [-0.4, -0.2) is 30.3 Å². The molecular formula is C16H21F2NO. The highest BCUT2D eigenvalue weighted by atomic mass is 19.1. The Morgan fingerprint density at radius 2 is 1.55 bits per heavy atom. The minimum absolute atomic E-state index is 0.386. The van der Waals surface area contributed by atoms with Crippen molar-refractivity contribution in [3.63, 3.8) is 0 Å². The van der Waals surface area contributed by atoms with Crippen molar-refractivity contribution in [1.29, 1.82) is 0 Å². The Hall–Kier alpha value is -1.29. The van der Waals surface area contributed by atoms with Gasteiger partial charge >= 0.3 is 0 Å². The van der Waals surface area contributed by atoms with Gasteiger partial charge in [-0.15, -0.1) is 0 Å². The van der Waals surface area contributed by atoms with Crippen molar-refractivity contribution in [2.24, 2.45) is 0 Å². The molecule has 1 aromatic rings. The standard InChI is InChI=1S/C16H21F2NO/c1-19(2)16(10-5-3-4-6-11-16)15(20)14-12(17)8-7-9-13(14)18/h7-9H,3-6,10-11H2,1-2H3. The molecule has 0 N–H and O–H groups in total. The van der Waals surface area contributed by atoms with Crippen molar-refractivity contribution in [3.05, 3.63) is 35.4 Å². The minimum Gasteiger partial charge on any atom is -0.297 e. The van der Waals surface area contributed by atoms with Gasteiger partial charge in [-0.25, -0.2) is 8.78 Å². The molecule has 2 nitrogen and oxygen atoms in total. The molecule has 0 radical (unpaired) electrons. The van der Waals surface area contributed by atoms with Crippen LogP contribution in [0.25, 0.3) is 0 Å². The van der Waals surface area contributed by atoms with E-state index in [-0.39, 0.29) is 5.56 Å². The fraction of sp³-hybridized carbons (Fsp3) is 0.562. The summed E-state index contributed by atoms with van der Waals surface area (Å²) in [6, 6.07) is 3.59. The summed E-state index contributed by atoms with van der Waals surface area (Å²) in [7, 11) is 3.64. The smallest absolute Gasteiger partial charge is 0.188 e. The van der Waals surface area contributed by atoms with Gasteiger partial charge in [0.1, 0.15) is 11.6 Å². The Bertz CT molecular complexity index is 471. The summed E-state index contributed by atoms with van der Waals surface area (Å²) in [6.45, 7) is 0. The van der Waals surface area contributed by atoms with Gasteiger partial charge in [0.15, 0.2) is 5.78 Å². The number of carbonyl (C=O) groups is 1. The van der Waals surface area contributed by atoms with Crippen LogP contribution < -0.4 is 0 Å². The number of hydrogen-bond acceptors (Lipinski definition) is 2. The maximum Gasteiger partial charge on any atom is 0.188 e. The number of rotatable bonds is 3. The van der Waals surface area contributed by atoms with Gasteiger partial charge in [-0.05, 0) is 39.1 Å². The van der Waals surface area contributed by atoms with E-state index in [0.717, 1.165) is 37.8 Å². The van der Waals surface area contributed by atoms with Crippen molar-refractivity contribution >= 4 is 5.78 Å². The maximum absolute atomic E-state index is 13.9. The fourth-order valence-corrected chi connectivity index (χ4v) is 3.14. The van der Waals surface area contributed by atoms with Crippen LogP contribution in [0, 0.1) is 11.6 Å². The molecule has 20 heavy (non-hydrogen) atoms. The number of carbonyl (C=O) groups excluding carboxylic acids is 1. The lowest BCUT2D eigenvalue weighted by molar-refractivity contribution is 0.0625. The highest BCUT2D eigenvalue weighted by Crippen LogP contribution is 2.35. The summed E-state index contributed by atoms with van der Waals surface area (Å²) in [6.07, 6.45) is 5.30. The summed E-state index contributed by atoms with van der Waals surface area (Å²) in [4.78, 5) is 14.7. The molecule has 0 heterocycles. The first-order valence-corrected chi connectivity index (χ1v) is 7.15. The van der Waals surface area contributed by atoms with Crippen LogP contribution in [0.15, 0.2) is 18.2 Å². The van der Waals surface area contributed by atoms with E-state index in [1.165, 1.54) is 6.07 Å². The van der Waals surface area contributed by atoms with Gasteiger partial charge in [0.05, 0.1) is 11.1 Å². The molecule has 1 aliphatic carbocycles. The van der Waals surface area contributed by atoms with Gasteiger partial charge in [-0.3, -0.25) is 9.69 Å². The molecule has 4 heteroatoms. The van der Waals surface area contributed by atoms with E-state index in [9.17, 15) is 13.6 Å². The molecule has 0 amide bonds. The van der Waals surface area contributed by atoms with E-state index in [1.54, 1.807) is 0 Å². The van der Waals surface area contributed by atoms with Gasteiger partial charge in [0, 0.05) is 0 Å². The third-order valence-electron chi connectivity index (χ3n) is 4.40. The zero-order chi connectivity index (χ0) is 14.8.